The number of halogens is 1. The van der Waals surface area contributed by atoms with Crippen molar-refractivity contribution in [2.45, 2.75) is 117 Å². The smallest absolute Gasteiger partial charge is 0.415 e. The molecule has 2 rings (SSSR count). The van der Waals surface area contributed by atoms with E-state index in [0.717, 1.165) is 12.8 Å². The summed E-state index contributed by atoms with van der Waals surface area (Å²) in [5.41, 5.74) is 2.56. The molecule has 190 valence electrons. The molecule has 0 saturated heterocycles. The lowest BCUT2D eigenvalue weighted by Gasteiger charge is -2.11. The van der Waals surface area contributed by atoms with Crippen LogP contribution < -0.4 is 9.05 Å². The van der Waals surface area contributed by atoms with E-state index < -0.39 is 8.69 Å². The lowest BCUT2D eigenvalue weighted by Crippen LogP contribution is -1.93. The summed E-state index contributed by atoms with van der Waals surface area (Å²) in [5.74, 6) is 1.04. The average molecular weight is 489 g/mol. The topological polar surface area (TPSA) is 18.5 Å². The number of aryl methyl sites for hydroxylation is 2. The Bertz CT molecular complexity index is 669. The molecule has 0 aliphatic carbocycles. The fourth-order valence-corrected chi connectivity index (χ4v) is 4.80. The second-order valence-corrected chi connectivity index (χ2v) is 10.2. The van der Waals surface area contributed by atoms with Crippen LogP contribution in [-0.2, 0) is 12.8 Å². The maximum Gasteiger partial charge on any atom is 0.505 e. The van der Waals surface area contributed by atoms with Gasteiger partial charge in [-0.15, -0.1) is 4.20 Å². The highest BCUT2D eigenvalue weighted by atomic mass is 31.2. The predicted molar refractivity (Wildman–Crippen MR) is 146 cm³/mol. The van der Waals surface area contributed by atoms with E-state index in [1.165, 1.54) is 101 Å². The molecule has 0 heterocycles. The zero-order valence-electron chi connectivity index (χ0n) is 21.6. The average Bonchev–Trinajstić information content (AvgIpc) is 2.85. The van der Waals surface area contributed by atoms with Crippen LogP contribution in [0.5, 0.6) is 11.5 Å². The molecule has 2 aromatic rings. The van der Waals surface area contributed by atoms with Crippen LogP contribution in [0.15, 0.2) is 48.5 Å². The Labute approximate surface area is 209 Å². The lowest BCUT2D eigenvalue weighted by molar-refractivity contribution is 0.439. The van der Waals surface area contributed by atoms with Gasteiger partial charge in [0.2, 0.25) is 0 Å². The molecule has 0 atom stereocenters. The van der Waals surface area contributed by atoms with Crippen LogP contribution in [0.2, 0.25) is 0 Å². The summed E-state index contributed by atoms with van der Waals surface area (Å²) < 4.78 is 25.1. The molecule has 0 radical (unpaired) electrons. The van der Waals surface area contributed by atoms with E-state index in [1.54, 1.807) is 0 Å². The standard InChI is InChI=1S/C30H46FO2P/c1-3-5-7-9-11-13-15-17-27-19-23-29(24-20-27)32-34(31)33-30-25-21-28(22-26-30)18-16-14-12-10-8-6-4-2/h19-26H,3-18H2,1-2H3. The third-order valence-electron chi connectivity index (χ3n) is 6.34. The number of unbranched alkanes of at least 4 members (excludes halogenated alkanes) is 12. The van der Waals surface area contributed by atoms with Crippen molar-refractivity contribution >= 4 is 8.69 Å². The molecule has 0 aliphatic rings. The summed E-state index contributed by atoms with van der Waals surface area (Å²) in [5, 5.41) is 0. The summed E-state index contributed by atoms with van der Waals surface area (Å²) >= 11 is 0. The van der Waals surface area contributed by atoms with Crippen molar-refractivity contribution in [1.82, 2.24) is 0 Å². The van der Waals surface area contributed by atoms with E-state index >= 15 is 0 Å². The lowest BCUT2D eigenvalue weighted by atomic mass is 10.0. The maximum absolute atomic E-state index is 14.3. The molecule has 0 fully saturated rings. The largest absolute Gasteiger partial charge is 0.505 e. The third kappa shape index (κ3) is 13.3. The fraction of sp³-hybridized carbons (Fsp3) is 0.600. The van der Waals surface area contributed by atoms with Gasteiger partial charge in [0.1, 0.15) is 11.5 Å². The summed E-state index contributed by atoms with van der Waals surface area (Å²) in [4.78, 5) is 0. The van der Waals surface area contributed by atoms with E-state index in [9.17, 15) is 4.20 Å². The van der Waals surface area contributed by atoms with Gasteiger partial charge in [-0.05, 0) is 61.1 Å². The minimum atomic E-state index is -2.49. The van der Waals surface area contributed by atoms with Crippen LogP contribution in [0, 0.1) is 0 Å². The molecule has 0 N–H and O–H groups in total. The Morgan fingerprint density at radius 3 is 1.18 bits per heavy atom. The van der Waals surface area contributed by atoms with Crippen molar-refractivity contribution in [3.05, 3.63) is 59.7 Å². The second kappa shape index (κ2) is 18.7. The van der Waals surface area contributed by atoms with E-state index in [4.69, 9.17) is 9.05 Å². The first-order valence-electron chi connectivity index (χ1n) is 13.7. The van der Waals surface area contributed by atoms with Gasteiger partial charge in [-0.3, -0.25) is 0 Å². The molecular formula is C30H46FO2P. The Balaban J connectivity index is 1.61. The maximum atomic E-state index is 14.3. The van der Waals surface area contributed by atoms with Gasteiger partial charge in [0, 0.05) is 0 Å². The molecule has 0 bridgehead atoms. The van der Waals surface area contributed by atoms with Gasteiger partial charge in [0.25, 0.3) is 0 Å². The van der Waals surface area contributed by atoms with E-state index in [2.05, 4.69) is 13.8 Å². The third-order valence-corrected chi connectivity index (χ3v) is 7.05. The molecular weight excluding hydrogens is 442 g/mol. The van der Waals surface area contributed by atoms with Gasteiger partial charge in [-0.2, -0.15) is 0 Å². The van der Waals surface area contributed by atoms with Crippen molar-refractivity contribution in [3.63, 3.8) is 0 Å². The number of hydrogen-bond donors (Lipinski definition) is 0. The summed E-state index contributed by atoms with van der Waals surface area (Å²) in [6.07, 6.45) is 20.5. The normalized spacial score (nSPS) is 11.2. The fourth-order valence-electron chi connectivity index (χ4n) is 4.19. The van der Waals surface area contributed by atoms with Crippen LogP contribution in [-0.4, -0.2) is 0 Å². The van der Waals surface area contributed by atoms with E-state index in [1.807, 2.05) is 48.5 Å². The van der Waals surface area contributed by atoms with Crippen molar-refractivity contribution in [3.8, 4) is 11.5 Å². The highest BCUT2D eigenvalue weighted by Gasteiger charge is 2.14. The predicted octanol–water partition coefficient (Wildman–Crippen LogP) is 10.9. The van der Waals surface area contributed by atoms with Crippen LogP contribution >= 0.6 is 8.69 Å². The number of benzene rings is 2. The van der Waals surface area contributed by atoms with E-state index in [0.29, 0.717) is 11.5 Å². The van der Waals surface area contributed by atoms with Crippen molar-refractivity contribution in [2.24, 2.45) is 0 Å². The van der Waals surface area contributed by atoms with Crippen LogP contribution in [0.25, 0.3) is 0 Å². The first-order valence-corrected chi connectivity index (χ1v) is 14.8. The van der Waals surface area contributed by atoms with Gasteiger partial charge in [-0.1, -0.05) is 115 Å². The van der Waals surface area contributed by atoms with Gasteiger partial charge in [0.15, 0.2) is 0 Å². The quantitative estimate of drug-likeness (QED) is 0.136. The number of hydrogen-bond acceptors (Lipinski definition) is 2. The minimum Gasteiger partial charge on any atom is -0.415 e. The zero-order chi connectivity index (χ0) is 24.3. The van der Waals surface area contributed by atoms with Crippen LogP contribution in [0.1, 0.15) is 115 Å². The SMILES string of the molecule is CCCCCCCCCc1ccc(OP(F)Oc2ccc(CCCCCCCCC)cc2)cc1. The molecule has 0 aromatic heterocycles. The van der Waals surface area contributed by atoms with Crippen molar-refractivity contribution in [2.75, 3.05) is 0 Å². The van der Waals surface area contributed by atoms with Crippen LogP contribution in [0.4, 0.5) is 4.20 Å². The summed E-state index contributed by atoms with van der Waals surface area (Å²) in [6, 6.07) is 15.5. The Morgan fingerprint density at radius 2 is 0.824 bits per heavy atom. The molecule has 0 amide bonds. The Morgan fingerprint density at radius 1 is 0.500 bits per heavy atom. The minimum absolute atomic E-state index is 0.521. The molecule has 2 nitrogen and oxygen atoms in total. The number of rotatable bonds is 20. The van der Waals surface area contributed by atoms with Crippen molar-refractivity contribution < 1.29 is 13.2 Å². The highest BCUT2D eigenvalue weighted by molar-refractivity contribution is 7.42. The van der Waals surface area contributed by atoms with Gasteiger partial charge in [-0.25, -0.2) is 0 Å². The Kier molecular flexibility index (Phi) is 15.7. The summed E-state index contributed by atoms with van der Waals surface area (Å²) in [6.45, 7) is 4.50. The molecule has 0 aliphatic heterocycles. The molecule has 0 spiro atoms. The first-order chi connectivity index (χ1) is 16.7. The molecule has 0 unspecified atom stereocenters. The monoisotopic (exact) mass is 488 g/mol. The zero-order valence-corrected chi connectivity index (χ0v) is 22.5. The van der Waals surface area contributed by atoms with Crippen molar-refractivity contribution in [1.29, 1.82) is 0 Å². The van der Waals surface area contributed by atoms with Gasteiger partial charge < -0.3 is 9.05 Å². The van der Waals surface area contributed by atoms with E-state index in [-0.39, 0.29) is 0 Å². The second-order valence-electron chi connectivity index (χ2n) is 9.43. The van der Waals surface area contributed by atoms with Crippen LogP contribution in [0.3, 0.4) is 0 Å². The van der Waals surface area contributed by atoms with Gasteiger partial charge in [0.05, 0.1) is 0 Å². The summed E-state index contributed by atoms with van der Waals surface area (Å²) in [7, 11) is -2.49. The molecule has 4 heteroatoms. The van der Waals surface area contributed by atoms with Gasteiger partial charge >= 0.3 is 8.69 Å². The highest BCUT2D eigenvalue weighted by Crippen LogP contribution is 2.41. The Hall–Kier alpha value is -1.60. The first kappa shape index (κ1) is 28.6. The molecule has 0 saturated carbocycles. The molecule has 2 aromatic carbocycles. The molecule has 34 heavy (non-hydrogen) atoms.